The van der Waals surface area contributed by atoms with Crippen LogP contribution in [0.15, 0.2) is 28.3 Å². The van der Waals surface area contributed by atoms with Crippen molar-refractivity contribution in [2.45, 2.75) is 22.9 Å². The summed E-state index contributed by atoms with van der Waals surface area (Å²) in [7, 11) is 0. The summed E-state index contributed by atoms with van der Waals surface area (Å²) >= 11 is 6.82. The molecule has 21 heavy (non-hydrogen) atoms. The Balaban J connectivity index is 1.89. The molecule has 3 rings (SSSR count). The highest BCUT2D eigenvalue weighted by Gasteiger charge is 2.18. The first-order valence-electron chi connectivity index (χ1n) is 6.41. The lowest BCUT2D eigenvalue weighted by molar-refractivity contribution is 0.577. The summed E-state index contributed by atoms with van der Waals surface area (Å²) in [5, 5.41) is 0.299. The van der Waals surface area contributed by atoms with Crippen LogP contribution in [0.3, 0.4) is 0 Å². The molecule has 0 unspecified atom stereocenters. The second-order valence-corrected chi connectivity index (χ2v) is 5.91. The Kier molecular flexibility index (Phi) is 4.21. The van der Waals surface area contributed by atoms with Gasteiger partial charge in [-0.15, -0.1) is 0 Å². The highest BCUT2D eigenvalue weighted by atomic mass is 35.5. The normalized spacial score (nSPS) is 14.7. The zero-order valence-electron chi connectivity index (χ0n) is 10.9. The fourth-order valence-corrected chi connectivity index (χ4v) is 3.08. The number of aromatic nitrogens is 3. The van der Waals surface area contributed by atoms with Crippen molar-refractivity contribution in [3.63, 3.8) is 0 Å². The molecular formula is C13H11ClF2N4S. The van der Waals surface area contributed by atoms with Gasteiger partial charge < -0.3 is 4.90 Å². The Labute approximate surface area is 129 Å². The largest absolute Gasteiger partial charge is 0.341 e. The molecule has 1 aliphatic rings. The number of benzene rings is 1. The van der Waals surface area contributed by atoms with Crippen molar-refractivity contribution in [2.75, 3.05) is 18.0 Å². The number of rotatable bonds is 3. The average Bonchev–Trinajstić information content (AvgIpc) is 2.96. The summed E-state index contributed by atoms with van der Waals surface area (Å²) in [6.45, 7) is 1.72. The van der Waals surface area contributed by atoms with E-state index in [1.807, 2.05) is 4.90 Å². The molecule has 4 nitrogen and oxygen atoms in total. The number of anilines is 1. The van der Waals surface area contributed by atoms with Crippen molar-refractivity contribution in [3.05, 3.63) is 35.1 Å². The quantitative estimate of drug-likeness (QED) is 0.862. The molecule has 2 heterocycles. The average molecular weight is 329 g/mol. The summed E-state index contributed by atoms with van der Waals surface area (Å²) < 4.78 is 26.8. The Morgan fingerprint density at radius 2 is 1.86 bits per heavy atom. The molecule has 0 saturated carbocycles. The van der Waals surface area contributed by atoms with Gasteiger partial charge in [0.05, 0.1) is 4.90 Å². The minimum Gasteiger partial charge on any atom is -0.341 e. The van der Waals surface area contributed by atoms with Crippen molar-refractivity contribution in [1.29, 1.82) is 0 Å². The fraction of sp³-hybridized carbons (Fsp3) is 0.308. The lowest BCUT2D eigenvalue weighted by atomic mass is 10.3. The first-order chi connectivity index (χ1) is 10.1. The van der Waals surface area contributed by atoms with Crippen LogP contribution in [0.5, 0.6) is 0 Å². The maximum absolute atomic E-state index is 13.7. The van der Waals surface area contributed by atoms with Gasteiger partial charge in [0, 0.05) is 13.1 Å². The number of nitrogens with zero attached hydrogens (tertiary/aromatic N) is 4. The molecular weight excluding hydrogens is 318 g/mol. The molecule has 0 aliphatic carbocycles. The minimum absolute atomic E-state index is 0.0474. The molecule has 1 aliphatic heterocycles. The maximum Gasteiger partial charge on any atom is 0.230 e. The number of hydrogen-bond donors (Lipinski definition) is 0. The van der Waals surface area contributed by atoms with Gasteiger partial charge in [0.15, 0.2) is 5.16 Å². The first-order valence-corrected chi connectivity index (χ1v) is 7.61. The molecule has 0 bridgehead atoms. The van der Waals surface area contributed by atoms with Crippen molar-refractivity contribution >= 4 is 29.3 Å². The van der Waals surface area contributed by atoms with Gasteiger partial charge >= 0.3 is 0 Å². The van der Waals surface area contributed by atoms with E-state index in [1.165, 1.54) is 0 Å². The second-order valence-electron chi connectivity index (χ2n) is 4.56. The second kappa shape index (κ2) is 6.11. The molecule has 1 aromatic carbocycles. The smallest absolute Gasteiger partial charge is 0.230 e. The van der Waals surface area contributed by atoms with Crippen LogP contribution in [-0.4, -0.2) is 28.0 Å². The molecule has 2 aromatic rings. The monoisotopic (exact) mass is 328 g/mol. The van der Waals surface area contributed by atoms with Gasteiger partial charge in [-0.1, -0.05) is 0 Å². The van der Waals surface area contributed by atoms with Gasteiger partial charge in [-0.05, 0) is 54.4 Å². The summed E-state index contributed by atoms with van der Waals surface area (Å²) in [4.78, 5) is 14.4. The van der Waals surface area contributed by atoms with E-state index in [2.05, 4.69) is 15.0 Å². The zero-order chi connectivity index (χ0) is 14.8. The van der Waals surface area contributed by atoms with Crippen molar-refractivity contribution in [3.8, 4) is 0 Å². The van der Waals surface area contributed by atoms with Crippen LogP contribution in [0.1, 0.15) is 12.8 Å². The predicted molar refractivity (Wildman–Crippen MR) is 76.8 cm³/mol. The lowest BCUT2D eigenvalue weighted by Crippen LogP contribution is -2.21. The molecule has 0 radical (unpaired) electrons. The third kappa shape index (κ3) is 3.41. The van der Waals surface area contributed by atoms with E-state index in [1.54, 1.807) is 0 Å². The minimum atomic E-state index is -0.527. The Bertz CT molecular complexity index is 665. The van der Waals surface area contributed by atoms with Crippen LogP contribution in [0.2, 0.25) is 5.28 Å². The molecule has 1 fully saturated rings. The predicted octanol–water partition coefficient (Wildman–Crippen LogP) is 3.55. The van der Waals surface area contributed by atoms with Gasteiger partial charge in [-0.3, -0.25) is 0 Å². The molecule has 0 spiro atoms. The molecule has 1 saturated heterocycles. The summed E-state index contributed by atoms with van der Waals surface area (Å²) in [5.74, 6) is -0.564. The van der Waals surface area contributed by atoms with Crippen LogP contribution in [0.25, 0.3) is 0 Å². The van der Waals surface area contributed by atoms with Gasteiger partial charge in [-0.25, -0.2) is 8.78 Å². The van der Waals surface area contributed by atoms with Gasteiger partial charge in [0.25, 0.3) is 0 Å². The number of hydrogen-bond acceptors (Lipinski definition) is 5. The van der Waals surface area contributed by atoms with Crippen LogP contribution in [-0.2, 0) is 0 Å². The van der Waals surface area contributed by atoms with Crippen molar-refractivity contribution in [2.24, 2.45) is 0 Å². The Morgan fingerprint density at radius 3 is 2.62 bits per heavy atom. The standard InChI is InChI=1S/C13H11ClF2N4S/c14-11-17-12(20-5-1-2-6-20)19-13(18-11)21-10-7-8(15)3-4-9(10)16/h3-4,7H,1-2,5-6H2. The van der Waals surface area contributed by atoms with E-state index in [-0.39, 0.29) is 15.3 Å². The Morgan fingerprint density at radius 1 is 1.10 bits per heavy atom. The van der Waals surface area contributed by atoms with Crippen molar-refractivity contribution < 1.29 is 8.78 Å². The van der Waals surface area contributed by atoms with E-state index < -0.39 is 11.6 Å². The van der Waals surface area contributed by atoms with E-state index in [0.29, 0.717) is 5.95 Å². The summed E-state index contributed by atoms with van der Waals surface area (Å²) in [6, 6.07) is 3.24. The van der Waals surface area contributed by atoms with Crippen molar-refractivity contribution in [1.82, 2.24) is 15.0 Å². The van der Waals surface area contributed by atoms with Gasteiger partial charge in [0.2, 0.25) is 11.2 Å². The zero-order valence-corrected chi connectivity index (χ0v) is 12.5. The van der Waals surface area contributed by atoms with E-state index >= 15 is 0 Å². The lowest BCUT2D eigenvalue weighted by Gasteiger charge is -2.15. The highest BCUT2D eigenvalue weighted by Crippen LogP contribution is 2.29. The molecule has 8 heteroatoms. The first kappa shape index (κ1) is 14.5. The molecule has 0 N–H and O–H groups in total. The van der Waals surface area contributed by atoms with Gasteiger partial charge in [-0.2, -0.15) is 15.0 Å². The number of halogens is 3. The van der Waals surface area contributed by atoms with Crippen LogP contribution < -0.4 is 4.90 Å². The van der Waals surface area contributed by atoms with Crippen LogP contribution >= 0.6 is 23.4 Å². The Hall–Kier alpha value is -1.47. The third-order valence-corrected chi connectivity index (χ3v) is 4.13. The summed E-state index contributed by atoms with van der Waals surface area (Å²) in [6.07, 6.45) is 2.15. The summed E-state index contributed by atoms with van der Waals surface area (Å²) in [5.41, 5.74) is 0. The molecule has 0 atom stereocenters. The van der Waals surface area contributed by atoms with Gasteiger partial charge in [0.1, 0.15) is 11.6 Å². The van der Waals surface area contributed by atoms with Crippen LogP contribution in [0, 0.1) is 11.6 Å². The fourth-order valence-electron chi connectivity index (χ4n) is 2.08. The van der Waals surface area contributed by atoms with E-state index in [0.717, 1.165) is 55.9 Å². The van der Waals surface area contributed by atoms with E-state index in [4.69, 9.17) is 11.6 Å². The maximum atomic E-state index is 13.7. The highest BCUT2D eigenvalue weighted by molar-refractivity contribution is 7.99. The SMILES string of the molecule is Fc1ccc(F)c(Sc2nc(Cl)nc(N3CCCC3)n2)c1. The molecule has 0 amide bonds. The molecule has 110 valence electrons. The van der Waals surface area contributed by atoms with Crippen LogP contribution in [0.4, 0.5) is 14.7 Å². The van der Waals surface area contributed by atoms with E-state index in [9.17, 15) is 8.78 Å². The topological polar surface area (TPSA) is 41.9 Å². The molecule has 1 aromatic heterocycles. The third-order valence-electron chi connectivity index (χ3n) is 3.06.